The second-order valence-corrected chi connectivity index (χ2v) is 8.80. The molecule has 2 aromatic heterocycles. The summed E-state index contributed by atoms with van der Waals surface area (Å²) in [6, 6.07) is 24.7. The van der Waals surface area contributed by atoms with Crippen LogP contribution in [0.25, 0.3) is 5.69 Å². The summed E-state index contributed by atoms with van der Waals surface area (Å²) in [4.78, 5) is 30.6. The first-order chi connectivity index (χ1) is 19.6. The third-order valence-corrected chi connectivity index (χ3v) is 6.09. The minimum Gasteiger partial charge on any atom is -0.454 e. The average molecular weight is 534 g/mol. The van der Waals surface area contributed by atoms with E-state index in [1.165, 1.54) is 10.9 Å². The Hall–Kier alpha value is -5.64. The van der Waals surface area contributed by atoms with Crippen molar-refractivity contribution in [3.05, 3.63) is 125 Å². The van der Waals surface area contributed by atoms with Crippen LogP contribution in [0, 0.1) is 0 Å². The summed E-state index contributed by atoms with van der Waals surface area (Å²) in [6.45, 7) is 0.469. The zero-order chi connectivity index (χ0) is 27.3. The topological polar surface area (TPSA) is 117 Å². The van der Waals surface area contributed by atoms with Crippen molar-refractivity contribution in [2.45, 2.75) is 6.54 Å². The van der Waals surface area contributed by atoms with Crippen LogP contribution in [0.15, 0.2) is 108 Å². The lowest BCUT2D eigenvalue weighted by Gasteiger charge is -2.15. The maximum atomic E-state index is 13.7. The SMILES string of the molecule is O=C(NCc1cccnc1)c1cccc(Nc2c(Oc3ccc4c(c3)OCO4)cnn(-c3ccccc3)c2=O)c1. The van der Waals surface area contributed by atoms with Gasteiger partial charge in [-0.2, -0.15) is 9.78 Å². The molecule has 40 heavy (non-hydrogen) atoms. The van der Waals surface area contributed by atoms with Crippen molar-refractivity contribution in [3.8, 4) is 28.7 Å². The number of aromatic nitrogens is 3. The second-order valence-electron chi connectivity index (χ2n) is 8.80. The van der Waals surface area contributed by atoms with Crippen LogP contribution in [0.1, 0.15) is 15.9 Å². The number of benzene rings is 3. The summed E-state index contributed by atoms with van der Waals surface area (Å²) in [7, 11) is 0. The number of hydrogen-bond donors (Lipinski definition) is 2. The van der Waals surface area contributed by atoms with Gasteiger partial charge in [-0.05, 0) is 54.1 Å². The zero-order valence-electron chi connectivity index (χ0n) is 21.1. The number of rotatable bonds is 8. The fourth-order valence-electron chi connectivity index (χ4n) is 4.12. The van der Waals surface area contributed by atoms with E-state index < -0.39 is 5.56 Å². The molecule has 0 unspecified atom stereocenters. The number of fused-ring (bicyclic) bond motifs is 1. The highest BCUT2D eigenvalue weighted by Gasteiger charge is 2.18. The molecule has 5 aromatic rings. The fourth-order valence-corrected chi connectivity index (χ4v) is 4.12. The van der Waals surface area contributed by atoms with Crippen molar-refractivity contribution in [1.82, 2.24) is 20.1 Å². The van der Waals surface area contributed by atoms with Gasteiger partial charge >= 0.3 is 0 Å². The lowest BCUT2D eigenvalue weighted by Crippen LogP contribution is -2.24. The van der Waals surface area contributed by atoms with Crippen LogP contribution in [-0.4, -0.2) is 27.5 Å². The number of nitrogens with zero attached hydrogens (tertiary/aromatic N) is 3. The molecule has 0 saturated carbocycles. The van der Waals surface area contributed by atoms with E-state index in [0.717, 1.165) is 5.56 Å². The number of nitrogens with one attached hydrogen (secondary N) is 2. The molecule has 1 amide bonds. The molecule has 1 aliphatic rings. The van der Waals surface area contributed by atoms with Gasteiger partial charge in [0.1, 0.15) is 5.75 Å². The van der Waals surface area contributed by atoms with Gasteiger partial charge in [0.05, 0.1) is 11.9 Å². The highest BCUT2D eigenvalue weighted by atomic mass is 16.7. The molecule has 198 valence electrons. The van der Waals surface area contributed by atoms with E-state index in [9.17, 15) is 9.59 Å². The number of amides is 1. The molecule has 0 spiro atoms. The van der Waals surface area contributed by atoms with Gasteiger partial charge in [-0.1, -0.05) is 30.3 Å². The first-order valence-corrected chi connectivity index (χ1v) is 12.4. The normalized spacial score (nSPS) is 11.6. The number of para-hydroxylation sites is 1. The standard InChI is InChI=1S/C30H23N5O5/c36-29(32-17-20-6-5-13-31-16-20)21-7-4-8-22(14-21)34-28-27(40-24-11-12-25-26(15-24)39-19-38-25)18-33-35(30(28)37)23-9-2-1-3-10-23/h1-16,18,34H,17,19H2,(H,32,36). The molecule has 0 atom stereocenters. The van der Waals surface area contributed by atoms with Crippen LogP contribution >= 0.6 is 0 Å². The summed E-state index contributed by atoms with van der Waals surface area (Å²) in [5.74, 6) is 1.53. The van der Waals surface area contributed by atoms with Crippen LogP contribution in [-0.2, 0) is 6.54 Å². The van der Waals surface area contributed by atoms with Gasteiger partial charge in [0.15, 0.2) is 22.9 Å². The third-order valence-electron chi connectivity index (χ3n) is 6.09. The highest BCUT2D eigenvalue weighted by molar-refractivity contribution is 5.95. The summed E-state index contributed by atoms with van der Waals surface area (Å²) in [5.41, 5.74) is 2.12. The predicted octanol–water partition coefficient (Wildman–Crippen LogP) is 4.82. The van der Waals surface area contributed by atoms with Crippen LogP contribution in [0.5, 0.6) is 23.0 Å². The van der Waals surface area contributed by atoms with Crippen molar-refractivity contribution in [1.29, 1.82) is 0 Å². The zero-order valence-corrected chi connectivity index (χ0v) is 21.1. The number of anilines is 2. The maximum absolute atomic E-state index is 13.7. The summed E-state index contributed by atoms with van der Waals surface area (Å²) >= 11 is 0. The summed E-state index contributed by atoms with van der Waals surface area (Å²) in [5, 5.41) is 10.4. The quantitative estimate of drug-likeness (QED) is 0.292. The van der Waals surface area contributed by atoms with E-state index in [-0.39, 0.29) is 24.1 Å². The molecule has 2 N–H and O–H groups in total. The molecular formula is C30H23N5O5. The summed E-state index contributed by atoms with van der Waals surface area (Å²) < 4.78 is 18.2. The molecular weight excluding hydrogens is 510 g/mol. The molecule has 0 saturated heterocycles. The number of carbonyl (C=O) groups excluding carboxylic acids is 1. The van der Waals surface area contributed by atoms with Gasteiger partial charge in [-0.3, -0.25) is 14.6 Å². The molecule has 0 aliphatic carbocycles. The Labute approximate surface area is 228 Å². The Bertz CT molecular complexity index is 1720. The van der Waals surface area contributed by atoms with Gasteiger partial charge in [0.25, 0.3) is 11.5 Å². The van der Waals surface area contributed by atoms with Gasteiger partial charge in [0, 0.05) is 36.3 Å². The van der Waals surface area contributed by atoms with E-state index in [1.807, 2.05) is 30.3 Å². The van der Waals surface area contributed by atoms with Gasteiger partial charge in [-0.25, -0.2) is 0 Å². The second kappa shape index (κ2) is 11.0. The number of pyridine rings is 1. The molecule has 0 bridgehead atoms. The lowest BCUT2D eigenvalue weighted by atomic mass is 10.1. The Morgan fingerprint density at radius 3 is 2.65 bits per heavy atom. The Balaban J connectivity index is 1.31. The highest BCUT2D eigenvalue weighted by Crippen LogP contribution is 2.37. The average Bonchev–Trinajstić information content (AvgIpc) is 3.47. The Morgan fingerprint density at radius 2 is 1.80 bits per heavy atom. The minimum absolute atomic E-state index is 0.131. The van der Waals surface area contributed by atoms with Crippen LogP contribution in [0.3, 0.4) is 0 Å². The van der Waals surface area contributed by atoms with Gasteiger partial charge < -0.3 is 24.8 Å². The van der Waals surface area contributed by atoms with Crippen LogP contribution < -0.4 is 30.4 Å². The van der Waals surface area contributed by atoms with Crippen LogP contribution in [0.2, 0.25) is 0 Å². The Morgan fingerprint density at radius 1 is 0.925 bits per heavy atom. The fraction of sp³-hybridized carbons (Fsp3) is 0.0667. The number of ether oxygens (including phenoxy) is 3. The molecule has 6 rings (SSSR count). The lowest BCUT2D eigenvalue weighted by molar-refractivity contribution is 0.0951. The smallest absolute Gasteiger partial charge is 0.299 e. The van der Waals surface area contributed by atoms with Crippen molar-refractivity contribution in [2.75, 3.05) is 12.1 Å². The number of carbonyl (C=O) groups is 1. The van der Waals surface area contributed by atoms with Crippen molar-refractivity contribution >= 4 is 17.3 Å². The minimum atomic E-state index is -0.434. The molecule has 0 fully saturated rings. The molecule has 0 radical (unpaired) electrons. The molecule has 10 nitrogen and oxygen atoms in total. The monoisotopic (exact) mass is 533 g/mol. The van der Waals surface area contributed by atoms with E-state index in [1.54, 1.807) is 67.0 Å². The van der Waals surface area contributed by atoms with E-state index in [4.69, 9.17) is 14.2 Å². The third kappa shape index (κ3) is 5.32. The largest absolute Gasteiger partial charge is 0.454 e. The van der Waals surface area contributed by atoms with E-state index >= 15 is 0 Å². The van der Waals surface area contributed by atoms with Crippen molar-refractivity contribution in [2.24, 2.45) is 0 Å². The van der Waals surface area contributed by atoms with E-state index in [0.29, 0.717) is 40.7 Å². The van der Waals surface area contributed by atoms with Crippen molar-refractivity contribution in [3.63, 3.8) is 0 Å². The summed E-state index contributed by atoms with van der Waals surface area (Å²) in [6.07, 6.45) is 4.84. The number of hydrogen-bond acceptors (Lipinski definition) is 8. The first kappa shape index (κ1) is 24.7. The van der Waals surface area contributed by atoms with E-state index in [2.05, 4.69) is 20.7 Å². The first-order valence-electron chi connectivity index (χ1n) is 12.4. The molecule has 3 heterocycles. The van der Waals surface area contributed by atoms with Gasteiger partial charge in [-0.15, -0.1) is 0 Å². The molecule has 1 aliphatic heterocycles. The van der Waals surface area contributed by atoms with Crippen molar-refractivity contribution < 1.29 is 19.0 Å². The predicted molar refractivity (Wildman–Crippen MR) is 148 cm³/mol. The van der Waals surface area contributed by atoms with Crippen LogP contribution in [0.4, 0.5) is 11.4 Å². The molecule has 3 aromatic carbocycles. The van der Waals surface area contributed by atoms with Gasteiger partial charge in [0.2, 0.25) is 6.79 Å². The maximum Gasteiger partial charge on any atom is 0.299 e. The Kier molecular flexibility index (Phi) is 6.79. The molecule has 10 heteroatoms.